The number of nitrogens with one attached hydrogen (secondary N) is 2. The van der Waals surface area contributed by atoms with E-state index in [0.717, 1.165) is 37.1 Å². The summed E-state index contributed by atoms with van der Waals surface area (Å²) >= 11 is 9.34. The Kier molecular flexibility index (Phi) is 3.60. The Labute approximate surface area is 124 Å². The van der Waals surface area contributed by atoms with Gasteiger partial charge in [0.2, 0.25) is 5.28 Å². The number of anilines is 1. The molecule has 0 aliphatic carbocycles. The van der Waals surface area contributed by atoms with Gasteiger partial charge in [-0.15, -0.1) is 0 Å². The zero-order valence-corrected chi connectivity index (χ0v) is 12.8. The van der Waals surface area contributed by atoms with Crippen LogP contribution in [0.15, 0.2) is 4.60 Å². The normalized spacial score (nSPS) is 18.1. The molecule has 1 aliphatic heterocycles. The molecule has 1 saturated heterocycles. The number of aromatic amines is 1. The number of aromatic nitrogens is 4. The molecule has 2 aromatic heterocycles. The lowest BCUT2D eigenvalue weighted by molar-refractivity contribution is 0.264. The summed E-state index contributed by atoms with van der Waals surface area (Å²) < 4.78 is 0.703. The van der Waals surface area contributed by atoms with Crippen molar-refractivity contribution in [3.63, 3.8) is 0 Å². The molecule has 8 heteroatoms. The third-order valence-corrected chi connectivity index (χ3v) is 4.15. The zero-order chi connectivity index (χ0) is 13.4. The van der Waals surface area contributed by atoms with Crippen LogP contribution in [0, 0.1) is 0 Å². The van der Waals surface area contributed by atoms with E-state index in [1.54, 1.807) is 0 Å². The molecular weight excluding hydrogens is 332 g/mol. The van der Waals surface area contributed by atoms with Crippen LogP contribution in [-0.4, -0.2) is 51.2 Å². The molecule has 1 fully saturated rings. The molecule has 2 N–H and O–H groups in total. The van der Waals surface area contributed by atoms with Crippen LogP contribution in [0.5, 0.6) is 0 Å². The number of fused-ring (bicyclic) bond motifs is 1. The van der Waals surface area contributed by atoms with Gasteiger partial charge in [-0.05, 0) is 60.5 Å². The van der Waals surface area contributed by atoms with Gasteiger partial charge in [0.1, 0.15) is 10.4 Å². The first-order chi connectivity index (χ1) is 9.13. The zero-order valence-electron chi connectivity index (χ0n) is 10.5. The Hall–Kier alpha value is -0.920. The number of hydrogen-bond acceptors (Lipinski definition) is 5. The van der Waals surface area contributed by atoms with Crippen LogP contribution in [0.25, 0.3) is 11.0 Å². The molecule has 6 nitrogen and oxygen atoms in total. The summed E-state index contributed by atoms with van der Waals surface area (Å²) in [5.74, 6) is 0.741. The maximum atomic E-state index is 5.94. The second-order valence-electron chi connectivity index (χ2n) is 4.80. The minimum Gasteiger partial charge on any atom is -0.366 e. The molecule has 0 amide bonds. The average Bonchev–Trinajstić information content (AvgIpc) is 2.74. The van der Waals surface area contributed by atoms with Crippen molar-refractivity contribution in [2.24, 2.45) is 0 Å². The molecule has 19 heavy (non-hydrogen) atoms. The third kappa shape index (κ3) is 2.68. The molecule has 0 unspecified atom stereocenters. The van der Waals surface area contributed by atoms with Gasteiger partial charge in [-0.1, -0.05) is 0 Å². The van der Waals surface area contributed by atoms with Crippen molar-refractivity contribution in [3.8, 4) is 0 Å². The predicted molar refractivity (Wildman–Crippen MR) is 78.5 cm³/mol. The van der Waals surface area contributed by atoms with E-state index in [9.17, 15) is 0 Å². The van der Waals surface area contributed by atoms with Crippen molar-refractivity contribution >= 4 is 44.4 Å². The van der Waals surface area contributed by atoms with Crippen LogP contribution < -0.4 is 5.32 Å². The summed E-state index contributed by atoms with van der Waals surface area (Å²) in [6.07, 6.45) is 2.18. The molecule has 0 saturated carbocycles. The number of piperidine rings is 1. The standard InChI is InChI=1S/C11H14BrClN6/c1-19-4-2-6(3-5-19)14-9-7-8(12)17-18-10(7)16-11(13)15-9/h6H,2-5H2,1H3,(H2,14,15,16,17,18). The van der Waals surface area contributed by atoms with Crippen molar-refractivity contribution in [3.05, 3.63) is 9.89 Å². The van der Waals surface area contributed by atoms with Gasteiger partial charge in [0.25, 0.3) is 0 Å². The monoisotopic (exact) mass is 344 g/mol. The van der Waals surface area contributed by atoms with E-state index in [1.807, 2.05) is 0 Å². The Morgan fingerprint density at radius 1 is 1.37 bits per heavy atom. The number of halogens is 2. The maximum Gasteiger partial charge on any atom is 0.226 e. The molecule has 0 atom stereocenters. The molecule has 2 aromatic rings. The van der Waals surface area contributed by atoms with Crippen molar-refractivity contribution < 1.29 is 0 Å². The first kappa shape index (κ1) is 13.1. The van der Waals surface area contributed by atoms with Crippen molar-refractivity contribution in [2.75, 3.05) is 25.5 Å². The Bertz CT molecular complexity index is 592. The van der Waals surface area contributed by atoms with E-state index >= 15 is 0 Å². The fourth-order valence-corrected chi connectivity index (χ4v) is 2.95. The smallest absolute Gasteiger partial charge is 0.226 e. The number of H-pyrrole nitrogens is 1. The lowest BCUT2D eigenvalue weighted by atomic mass is 10.1. The number of hydrogen-bond donors (Lipinski definition) is 2. The van der Waals surface area contributed by atoms with Crippen LogP contribution in [-0.2, 0) is 0 Å². The van der Waals surface area contributed by atoms with E-state index in [-0.39, 0.29) is 5.28 Å². The van der Waals surface area contributed by atoms with Gasteiger partial charge in [-0.25, -0.2) is 0 Å². The van der Waals surface area contributed by atoms with Crippen molar-refractivity contribution in [1.29, 1.82) is 0 Å². The van der Waals surface area contributed by atoms with Crippen LogP contribution in [0.4, 0.5) is 5.82 Å². The van der Waals surface area contributed by atoms with Gasteiger partial charge in [0.15, 0.2) is 5.65 Å². The summed E-state index contributed by atoms with van der Waals surface area (Å²) in [4.78, 5) is 10.7. The molecule has 0 spiro atoms. The highest BCUT2D eigenvalue weighted by Gasteiger charge is 2.20. The quantitative estimate of drug-likeness (QED) is 0.817. The summed E-state index contributed by atoms with van der Waals surface area (Å²) in [5, 5.41) is 11.4. The molecule has 102 valence electrons. The SMILES string of the molecule is CN1CCC(Nc2nc(Cl)nc3[nH]nc(Br)c23)CC1. The highest BCUT2D eigenvalue weighted by molar-refractivity contribution is 9.10. The molecular formula is C11H14BrClN6. The fraction of sp³-hybridized carbons (Fsp3) is 0.545. The van der Waals surface area contributed by atoms with Gasteiger partial charge in [-0.3, -0.25) is 5.10 Å². The maximum absolute atomic E-state index is 5.94. The highest BCUT2D eigenvalue weighted by Crippen LogP contribution is 2.28. The van der Waals surface area contributed by atoms with Crippen LogP contribution in [0.3, 0.4) is 0 Å². The first-order valence-corrected chi connectivity index (χ1v) is 7.33. The van der Waals surface area contributed by atoms with E-state index in [0.29, 0.717) is 16.3 Å². The predicted octanol–water partition coefficient (Wildman–Crippen LogP) is 2.27. The molecule has 0 bridgehead atoms. The second-order valence-corrected chi connectivity index (χ2v) is 5.89. The average molecular weight is 346 g/mol. The number of rotatable bonds is 2. The van der Waals surface area contributed by atoms with Crippen LogP contribution in [0.1, 0.15) is 12.8 Å². The summed E-state index contributed by atoms with van der Waals surface area (Å²) in [6.45, 7) is 2.18. The highest BCUT2D eigenvalue weighted by atomic mass is 79.9. The van der Waals surface area contributed by atoms with Crippen molar-refractivity contribution in [1.82, 2.24) is 25.1 Å². The minimum absolute atomic E-state index is 0.221. The van der Waals surface area contributed by atoms with E-state index in [4.69, 9.17) is 11.6 Å². The summed E-state index contributed by atoms with van der Waals surface area (Å²) in [5.41, 5.74) is 0.641. The summed E-state index contributed by atoms with van der Waals surface area (Å²) in [6, 6.07) is 0.409. The first-order valence-electron chi connectivity index (χ1n) is 6.15. The topological polar surface area (TPSA) is 69.7 Å². The van der Waals surface area contributed by atoms with Gasteiger partial charge >= 0.3 is 0 Å². The minimum atomic E-state index is 0.221. The lowest BCUT2D eigenvalue weighted by Gasteiger charge is -2.29. The van der Waals surface area contributed by atoms with Gasteiger partial charge < -0.3 is 10.2 Å². The van der Waals surface area contributed by atoms with Crippen molar-refractivity contribution in [2.45, 2.75) is 18.9 Å². The number of nitrogens with zero attached hydrogens (tertiary/aromatic N) is 4. The fourth-order valence-electron chi connectivity index (χ4n) is 2.32. The largest absolute Gasteiger partial charge is 0.366 e. The Morgan fingerprint density at radius 2 is 2.11 bits per heavy atom. The van der Waals surface area contributed by atoms with E-state index < -0.39 is 0 Å². The molecule has 1 aliphatic rings. The lowest BCUT2D eigenvalue weighted by Crippen LogP contribution is -2.36. The Balaban J connectivity index is 1.89. The van der Waals surface area contributed by atoms with Crippen LogP contribution >= 0.6 is 27.5 Å². The molecule has 3 rings (SSSR count). The Morgan fingerprint density at radius 3 is 2.84 bits per heavy atom. The summed E-state index contributed by atoms with van der Waals surface area (Å²) in [7, 11) is 2.14. The van der Waals surface area contributed by atoms with Gasteiger partial charge in [-0.2, -0.15) is 15.1 Å². The van der Waals surface area contributed by atoms with Gasteiger partial charge in [0.05, 0.1) is 5.39 Å². The molecule has 3 heterocycles. The number of likely N-dealkylation sites (tertiary alicyclic amines) is 1. The van der Waals surface area contributed by atoms with E-state index in [1.165, 1.54) is 0 Å². The van der Waals surface area contributed by atoms with Crippen LogP contribution in [0.2, 0.25) is 5.28 Å². The third-order valence-electron chi connectivity index (χ3n) is 3.41. The molecule has 0 aromatic carbocycles. The van der Waals surface area contributed by atoms with Gasteiger partial charge in [0, 0.05) is 6.04 Å². The van der Waals surface area contributed by atoms with E-state index in [2.05, 4.69) is 53.4 Å². The second kappa shape index (κ2) is 5.22. The molecule has 0 radical (unpaired) electrons.